The van der Waals surface area contributed by atoms with Crippen LogP contribution >= 0.6 is 23.4 Å². The fourth-order valence-corrected chi connectivity index (χ4v) is 3.40. The lowest BCUT2D eigenvalue weighted by Gasteiger charge is -2.28. The first-order valence-corrected chi connectivity index (χ1v) is 9.42. The summed E-state index contributed by atoms with van der Waals surface area (Å²) in [5.74, 6) is -0.968. The van der Waals surface area contributed by atoms with Crippen LogP contribution in [-0.4, -0.2) is 34.1 Å². The monoisotopic (exact) mass is 395 g/mol. The molecule has 0 aliphatic rings. The van der Waals surface area contributed by atoms with Gasteiger partial charge >= 0.3 is 12.1 Å². The number of thioether (sulfide) groups is 1. The second-order valence-corrected chi connectivity index (χ2v) is 8.69. The van der Waals surface area contributed by atoms with Crippen molar-refractivity contribution < 1.29 is 19.4 Å². The highest BCUT2D eigenvalue weighted by Gasteiger charge is 2.36. The van der Waals surface area contributed by atoms with E-state index >= 15 is 0 Å². The molecule has 0 aliphatic heterocycles. The van der Waals surface area contributed by atoms with Gasteiger partial charge in [-0.2, -0.15) is 0 Å². The summed E-state index contributed by atoms with van der Waals surface area (Å²) in [6, 6.07) is 11.4. The minimum absolute atomic E-state index is 0.153. The van der Waals surface area contributed by atoms with Crippen molar-refractivity contribution in [2.75, 3.05) is 5.75 Å². The average molecular weight is 396 g/mol. The van der Waals surface area contributed by atoms with E-state index in [0.717, 1.165) is 15.7 Å². The van der Waals surface area contributed by atoms with Crippen LogP contribution in [0.3, 0.4) is 0 Å². The van der Waals surface area contributed by atoms with Crippen LogP contribution < -0.4 is 5.32 Å². The van der Waals surface area contributed by atoms with Gasteiger partial charge in [-0.05, 0) is 62.7 Å². The molecule has 0 radical (unpaired) electrons. The minimum Gasteiger partial charge on any atom is -0.479 e. The van der Waals surface area contributed by atoms with Crippen LogP contribution in [0.1, 0.15) is 27.7 Å². The second kappa shape index (κ2) is 7.76. The van der Waals surface area contributed by atoms with Crippen LogP contribution in [0, 0.1) is 0 Å². The number of benzene rings is 2. The van der Waals surface area contributed by atoms with Gasteiger partial charge in [-0.3, -0.25) is 0 Å². The smallest absolute Gasteiger partial charge is 0.408 e. The number of halogens is 1. The van der Waals surface area contributed by atoms with Gasteiger partial charge in [-0.25, -0.2) is 9.59 Å². The Morgan fingerprint density at radius 3 is 2.35 bits per heavy atom. The molecule has 0 fully saturated rings. The molecule has 0 spiro atoms. The molecule has 7 heteroatoms. The molecular formula is C19H22ClNO4S. The number of nitrogens with one attached hydrogen (secondary N) is 1. The quantitative estimate of drug-likeness (QED) is 0.700. The Bertz CT molecular complexity index is 834. The fraction of sp³-hybridized carbons (Fsp3) is 0.368. The van der Waals surface area contributed by atoms with Crippen LogP contribution in [-0.2, 0) is 9.53 Å². The van der Waals surface area contributed by atoms with Gasteiger partial charge < -0.3 is 15.2 Å². The van der Waals surface area contributed by atoms with E-state index in [4.69, 9.17) is 16.3 Å². The number of hydrogen-bond donors (Lipinski definition) is 2. The zero-order valence-corrected chi connectivity index (χ0v) is 16.7. The number of rotatable bonds is 5. The van der Waals surface area contributed by atoms with Gasteiger partial charge in [0.15, 0.2) is 0 Å². The van der Waals surface area contributed by atoms with Crippen molar-refractivity contribution in [1.29, 1.82) is 0 Å². The van der Waals surface area contributed by atoms with E-state index in [1.54, 1.807) is 20.8 Å². The van der Waals surface area contributed by atoms with Crippen LogP contribution in [0.4, 0.5) is 4.79 Å². The lowest BCUT2D eigenvalue weighted by molar-refractivity contribution is -0.143. The SMILES string of the molecule is CC(C)(C)OC(=O)N[C@](C)(CSc1ccc2cc(Cl)ccc2c1)C(=O)O. The average Bonchev–Trinajstić information content (AvgIpc) is 2.50. The molecule has 1 atom stereocenters. The molecule has 2 rings (SSSR count). The summed E-state index contributed by atoms with van der Waals surface area (Å²) in [6.45, 7) is 6.63. The number of hydrogen-bond acceptors (Lipinski definition) is 4. The van der Waals surface area contributed by atoms with Crippen molar-refractivity contribution in [2.24, 2.45) is 0 Å². The maximum Gasteiger partial charge on any atom is 0.408 e. The van der Waals surface area contributed by atoms with Gasteiger partial charge in [0.1, 0.15) is 11.1 Å². The Kier molecular flexibility index (Phi) is 6.09. The number of carboxylic acids is 1. The van der Waals surface area contributed by atoms with E-state index in [2.05, 4.69) is 5.32 Å². The molecule has 140 valence electrons. The second-order valence-electron chi connectivity index (χ2n) is 7.21. The number of carbonyl (C=O) groups is 2. The topological polar surface area (TPSA) is 75.6 Å². The number of aliphatic carboxylic acids is 1. The molecule has 0 bridgehead atoms. The molecule has 0 unspecified atom stereocenters. The molecule has 2 aromatic carbocycles. The predicted octanol–water partition coefficient (Wildman–Crippen LogP) is 4.95. The number of alkyl carbamates (subject to hydrolysis) is 1. The molecule has 2 N–H and O–H groups in total. The normalized spacial score (nSPS) is 13.9. The number of ether oxygens (including phenoxy) is 1. The van der Waals surface area contributed by atoms with E-state index in [-0.39, 0.29) is 5.75 Å². The van der Waals surface area contributed by atoms with Crippen LogP contribution in [0.5, 0.6) is 0 Å². The number of carbonyl (C=O) groups excluding carboxylic acids is 1. The maximum atomic E-state index is 12.0. The maximum absolute atomic E-state index is 12.0. The predicted molar refractivity (Wildman–Crippen MR) is 105 cm³/mol. The minimum atomic E-state index is -1.46. The first-order valence-electron chi connectivity index (χ1n) is 8.05. The van der Waals surface area contributed by atoms with Gasteiger partial charge in [-0.1, -0.05) is 23.7 Å². The first-order chi connectivity index (χ1) is 12.0. The molecule has 2 aromatic rings. The summed E-state index contributed by atoms with van der Waals surface area (Å²) in [5.41, 5.74) is -2.15. The molecule has 1 amide bonds. The third-order valence-electron chi connectivity index (χ3n) is 3.55. The molecule has 0 saturated heterocycles. The highest BCUT2D eigenvalue weighted by molar-refractivity contribution is 7.99. The summed E-state index contributed by atoms with van der Waals surface area (Å²) in [6.07, 6.45) is -0.754. The Morgan fingerprint density at radius 1 is 1.12 bits per heavy atom. The highest BCUT2D eigenvalue weighted by atomic mass is 35.5. The highest BCUT2D eigenvalue weighted by Crippen LogP contribution is 2.28. The lowest BCUT2D eigenvalue weighted by Crippen LogP contribution is -2.55. The van der Waals surface area contributed by atoms with Crippen molar-refractivity contribution in [3.8, 4) is 0 Å². The molecule has 0 heterocycles. The Labute approximate surface area is 162 Å². The third-order valence-corrected chi connectivity index (χ3v) is 5.09. The summed E-state index contributed by atoms with van der Waals surface area (Å²) >= 11 is 7.34. The van der Waals surface area contributed by atoms with Crippen LogP contribution in [0.25, 0.3) is 10.8 Å². The van der Waals surface area contributed by atoms with Crippen molar-refractivity contribution in [3.63, 3.8) is 0 Å². The van der Waals surface area contributed by atoms with Crippen molar-refractivity contribution >= 4 is 46.2 Å². The van der Waals surface area contributed by atoms with E-state index in [0.29, 0.717) is 5.02 Å². The fourth-order valence-electron chi connectivity index (χ4n) is 2.19. The first kappa shape index (κ1) is 20.4. The molecule has 5 nitrogen and oxygen atoms in total. The third kappa shape index (κ3) is 5.54. The zero-order valence-electron chi connectivity index (χ0n) is 15.1. The van der Waals surface area contributed by atoms with Crippen molar-refractivity contribution in [3.05, 3.63) is 41.4 Å². The van der Waals surface area contributed by atoms with E-state index in [9.17, 15) is 14.7 Å². The lowest BCUT2D eigenvalue weighted by atomic mass is 10.1. The summed E-state index contributed by atoms with van der Waals surface area (Å²) < 4.78 is 5.17. The van der Waals surface area contributed by atoms with Gasteiger partial charge in [0.05, 0.1) is 0 Å². The number of fused-ring (bicyclic) bond motifs is 1. The van der Waals surface area contributed by atoms with Gasteiger partial charge in [-0.15, -0.1) is 11.8 Å². The van der Waals surface area contributed by atoms with Crippen LogP contribution in [0.2, 0.25) is 5.02 Å². The Hall–Kier alpha value is -1.92. The van der Waals surface area contributed by atoms with Gasteiger partial charge in [0.25, 0.3) is 0 Å². The van der Waals surface area contributed by atoms with E-state index in [1.165, 1.54) is 18.7 Å². The standard InChI is InChI=1S/C19H22ClNO4S/c1-18(2,3)25-17(24)21-19(4,16(22)23)11-26-15-8-6-12-9-14(20)7-5-13(12)10-15/h5-10H,11H2,1-4H3,(H,21,24)(H,22,23)/t19-/m1/s1. The molecule has 0 saturated carbocycles. The summed E-state index contributed by atoms with van der Waals surface area (Å²) in [7, 11) is 0. The molecule has 0 aromatic heterocycles. The van der Waals surface area contributed by atoms with Crippen LogP contribution in [0.15, 0.2) is 41.3 Å². The van der Waals surface area contributed by atoms with E-state index < -0.39 is 23.2 Å². The summed E-state index contributed by atoms with van der Waals surface area (Å²) in [4.78, 5) is 24.6. The molecule has 0 aliphatic carbocycles. The number of amides is 1. The van der Waals surface area contributed by atoms with Crippen molar-refractivity contribution in [1.82, 2.24) is 5.32 Å². The van der Waals surface area contributed by atoms with Gasteiger partial charge in [0.2, 0.25) is 0 Å². The number of carboxylic acid groups (broad SMARTS) is 1. The Morgan fingerprint density at radius 2 is 1.73 bits per heavy atom. The molecular weight excluding hydrogens is 374 g/mol. The Balaban J connectivity index is 2.11. The van der Waals surface area contributed by atoms with Gasteiger partial charge in [0, 0.05) is 15.7 Å². The molecule has 26 heavy (non-hydrogen) atoms. The summed E-state index contributed by atoms with van der Waals surface area (Å²) in [5, 5.41) is 14.7. The van der Waals surface area contributed by atoms with E-state index in [1.807, 2.05) is 36.4 Å². The largest absolute Gasteiger partial charge is 0.479 e. The zero-order chi connectivity index (χ0) is 19.5. The van der Waals surface area contributed by atoms with Crippen molar-refractivity contribution in [2.45, 2.75) is 43.7 Å².